The number of carbonyl (C=O) groups excluding carboxylic acids is 1. The van der Waals surface area contributed by atoms with Crippen LogP contribution in [0.1, 0.15) is 16.7 Å². The molecule has 2 aromatic carbocycles. The molecule has 0 spiro atoms. The van der Waals surface area contributed by atoms with Gasteiger partial charge < -0.3 is 19.9 Å². The van der Waals surface area contributed by atoms with Gasteiger partial charge >= 0.3 is 6.18 Å². The van der Waals surface area contributed by atoms with E-state index >= 15 is 0 Å². The fourth-order valence-electron chi connectivity index (χ4n) is 3.69. The van der Waals surface area contributed by atoms with Crippen LogP contribution in [0.15, 0.2) is 48.5 Å². The maximum Gasteiger partial charge on any atom is 0.416 e. The molecule has 3 N–H and O–H groups in total. The summed E-state index contributed by atoms with van der Waals surface area (Å²) in [5.74, 6) is 0.780. The number of amides is 1. The van der Waals surface area contributed by atoms with Crippen LogP contribution in [-0.2, 0) is 24.1 Å². The molecule has 0 unspecified atom stereocenters. The summed E-state index contributed by atoms with van der Waals surface area (Å²) in [6, 6.07) is 13.1. The van der Waals surface area contributed by atoms with Gasteiger partial charge in [0.1, 0.15) is 38.5 Å². The van der Waals surface area contributed by atoms with Gasteiger partial charge in [0.25, 0.3) is 5.91 Å². The third-order valence-electron chi connectivity index (χ3n) is 5.43. The minimum absolute atomic E-state index is 0.00199. The van der Waals surface area contributed by atoms with E-state index in [-0.39, 0.29) is 5.91 Å². The Labute approximate surface area is 174 Å². The van der Waals surface area contributed by atoms with Crippen LogP contribution in [0.2, 0.25) is 0 Å². The average molecular weight is 423 g/mol. The molecule has 3 rings (SSSR count). The van der Waals surface area contributed by atoms with Crippen LogP contribution < -0.4 is 19.9 Å². The molecule has 0 aromatic heterocycles. The Hall–Kier alpha value is -2.58. The first-order chi connectivity index (χ1) is 14.3. The van der Waals surface area contributed by atoms with Gasteiger partial charge in [-0.3, -0.25) is 4.79 Å². The third kappa shape index (κ3) is 6.47. The van der Waals surface area contributed by atoms with Crippen LogP contribution in [0.5, 0.6) is 5.75 Å². The number of halogens is 3. The topological polar surface area (TPSA) is 47.2 Å². The largest absolute Gasteiger partial charge is 0.497 e. The zero-order valence-corrected chi connectivity index (χ0v) is 17.0. The Balaban J connectivity index is 1.40. The van der Waals surface area contributed by atoms with Crippen LogP contribution >= 0.6 is 0 Å². The van der Waals surface area contributed by atoms with Gasteiger partial charge in [-0.15, -0.1) is 0 Å². The summed E-state index contributed by atoms with van der Waals surface area (Å²) in [6.07, 6.45) is -4.31. The number of quaternary nitrogens is 2. The van der Waals surface area contributed by atoms with E-state index in [1.165, 1.54) is 21.9 Å². The fraction of sp³-hybridized carbons (Fsp3) is 0.409. The minimum Gasteiger partial charge on any atom is -0.497 e. The summed E-state index contributed by atoms with van der Waals surface area (Å²) in [6.45, 7) is 4.76. The van der Waals surface area contributed by atoms with Gasteiger partial charge in [0.15, 0.2) is 6.54 Å². The van der Waals surface area contributed by atoms with E-state index in [2.05, 4.69) is 5.32 Å². The molecular formula is C22H28F3N3O2+2. The molecule has 1 heterocycles. The SMILES string of the molecule is COc1ccc(CNC(=O)C[NH+]2CC[NH+](Cc3cccc(C(F)(F)F)c3)CC2)cc1. The number of rotatable bonds is 7. The van der Waals surface area contributed by atoms with E-state index in [1.54, 1.807) is 13.2 Å². The molecule has 8 heteroatoms. The normalized spacial score (nSPS) is 19.3. The summed E-state index contributed by atoms with van der Waals surface area (Å²) < 4.78 is 43.7. The standard InChI is InChI=1S/C22H26F3N3O2/c1-30-20-7-5-17(6-8-20)14-26-21(29)16-28-11-9-27(10-12-28)15-18-3-2-4-19(13-18)22(23,24)25/h2-8,13H,9-12,14-16H2,1H3,(H,26,29)/p+2. The molecule has 0 bridgehead atoms. The molecule has 30 heavy (non-hydrogen) atoms. The number of piperazine rings is 1. The molecule has 2 aromatic rings. The van der Waals surface area contributed by atoms with Gasteiger partial charge in [-0.25, -0.2) is 0 Å². The van der Waals surface area contributed by atoms with Gasteiger partial charge in [0, 0.05) is 12.1 Å². The van der Waals surface area contributed by atoms with Crippen molar-refractivity contribution >= 4 is 5.91 Å². The van der Waals surface area contributed by atoms with Crippen LogP contribution in [0, 0.1) is 0 Å². The second-order valence-electron chi connectivity index (χ2n) is 7.68. The highest BCUT2D eigenvalue weighted by Gasteiger charge is 2.31. The number of ether oxygens (including phenoxy) is 1. The first kappa shape index (κ1) is 22.1. The Morgan fingerprint density at radius 3 is 2.30 bits per heavy atom. The monoisotopic (exact) mass is 423 g/mol. The molecule has 1 saturated heterocycles. The molecule has 0 atom stereocenters. The summed E-state index contributed by atoms with van der Waals surface area (Å²) in [5.41, 5.74) is 1.10. The number of hydrogen-bond donors (Lipinski definition) is 3. The van der Waals surface area contributed by atoms with Crippen molar-refractivity contribution in [2.75, 3.05) is 39.8 Å². The van der Waals surface area contributed by atoms with Crippen molar-refractivity contribution in [1.82, 2.24) is 5.32 Å². The maximum atomic E-state index is 12.9. The molecule has 5 nitrogen and oxygen atoms in total. The highest BCUT2D eigenvalue weighted by atomic mass is 19.4. The van der Waals surface area contributed by atoms with E-state index in [9.17, 15) is 18.0 Å². The maximum absolute atomic E-state index is 12.9. The van der Waals surface area contributed by atoms with Crippen molar-refractivity contribution < 1.29 is 32.5 Å². The van der Waals surface area contributed by atoms with Crippen LogP contribution in [0.25, 0.3) is 0 Å². The lowest BCUT2D eigenvalue weighted by molar-refractivity contribution is -1.02. The van der Waals surface area contributed by atoms with E-state index in [4.69, 9.17) is 4.74 Å². The van der Waals surface area contributed by atoms with Crippen LogP contribution in [0.3, 0.4) is 0 Å². The zero-order valence-electron chi connectivity index (χ0n) is 17.0. The predicted molar refractivity (Wildman–Crippen MR) is 106 cm³/mol. The van der Waals surface area contributed by atoms with E-state index in [0.717, 1.165) is 43.6 Å². The lowest BCUT2D eigenvalue weighted by Gasteiger charge is -2.29. The first-order valence-corrected chi connectivity index (χ1v) is 10.1. The number of carbonyl (C=O) groups is 1. The van der Waals surface area contributed by atoms with Gasteiger partial charge in [-0.05, 0) is 29.8 Å². The van der Waals surface area contributed by atoms with Gasteiger partial charge in [0.05, 0.1) is 12.7 Å². The Bertz CT molecular complexity index is 832. The first-order valence-electron chi connectivity index (χ1n) is 10.1. The summed E-state index contributed by atoms with van der Waals surface area (Å²) in [7, 11) is 1.61. The summed E-state index contributed by atoms with van der Waals surface area (Å²) >= 11 is 0. The highest BCUT2D eigenvalue weighted by Crippen LogP contribution is 2.29. The number of methoxy groups -OCH3 is 1. The van der Waals surface area contributed by atoms with Crippen molar-refractivity contribution in [3.05, 3.63) is 65.2 Å². The molecular weight excluding hydrogens is 395 g/mol. The molecule has 1 fully saturated rings. The van der Waals surface area contributed by atoms with Crippen molar-refractivity contribution in [1.29, 1.82) is 0 Å². The predicted octanol–water partition coefficient (Wildman–Crippen LogP) is 0.314. The molecule has 1 amide bonds. The van der Waals surface area contributed by atoms with Gasteiger partial charge in [0.2, 0.25) is 0 Å². The van der Waals surface area contributed by atoms with E-state index in [1.807, 2.05) is 24.3 Å². The molecule has 1 aliphatic rings. The van der Waals surface area contributed by atoms with Crippen molar-refractivity contribution in [3.63, 3.8) is 0 Å². The quantitative estimate of drug-likeness (QED) is 0.601. The second-order valence-corrected chi connectivity index (χ2v) is 7.68. The van der Waals surface area contributed by atoms with E-state index < -0.39 is 11.7 Å². The van der Waals surface area contributed by atoms with Gasteiger partial charge in [-0.2, -0.15) is 13.2 Å². The minimum atomic E-state index is -4.31. The van der Waals surface area contributed by atoms with Crippen LogP contribution in [0.4, 0.5) is 13.2 Å². The van der Waals surface area contributed by atoms with Gasteiger partial charge in [-0.1, -0.05) is 24.3 Å². The third-order valence-corrected chi connectivity index (χ3v) is 5.43. The summed E-state index contributed by atoms with van der Waals surface area (Å²) in [5, 5.41) is 2.94. The van der Waals surface area contributed by atoms with Crippen molar-refractivity contribution in [2.45, 2.75) is 19.3 Å². The highest BCUT2D eigenvalue weighted by molar-refractivity contribution is 5.76. The molecule has 162 valence electrons. The smallest absolute Gasteiger partial charge is 0.416 e. The summed E-state index contributed by atoms with van der Waals surface area (Å²) in [4.78, 5) is 14.7. The number of alkyl halides is 3. The zero-order chi connectivity index (χ0) is 21.6. The molecule has 0 aliphatic carbocycles. The molecule has 1 aliphatic heterocycles. The Kier molecular flexibility index (Phi) is 7.33. The number of hydrogen-bond acceptors (Lipinski definition) is 2. The Morgan fingerprint density at radius 2 is 1.67 bits per heavy atom. The molecule has 0 radical (unpaired) electrons. The molecule has 0 saturated carbocycles. The number of benzene rings is 2. The lowest BCUT2D eigenvalue weighted by Crippen LogP contribution is -3.28. The van der Waals surface area contributed by atoms with Crippen molar-refractivity contribution in [2.24, 2.45) is 0 Å². The lowest BCUT2D eigenvalue weighted by atomic mass is 10.1. The second kappa shape index (κ2) is 9.95. The fourth-order valence-corrected chi connectivity index (χ4v) is 3.69. The average Bonchev–Trinajstić information content (AvgIpc) is 2.74. The Morgan fingerprint density at radius 1 is 1.00 bits per heavy atom. The van der Waals surface area contributed by atoms with E-state index in [0.29, 0.717) is 25.2 Å². The van der Waals surface area contributed by atoms with Crippen molar-refractivity contribution in [3.8, 4) is 5.75 Å². The van der Waals surface area contributed by atoms with Crippen LogP contribution in [-0.4, -0.2) is 45.7 Å². The number of nitrogens with one attached hydrogen (secondary N) is 3.